The van der Waals surface area contributed by atoms with Gasteiger partial charge in [-0.05, 0) is 43.9 Å². The Hall–Kier alpha value is -3.06. The minimum Gasteiger partial charge on any atom is -0.459 e. The molecule has 6 nitrogen and oxygen atoms in total. The van der Waals surface area contributed by atoms with Crippen LogP contribution in [0.3, 0.4) is 0 Å². The van der Waals surface area contributed by atoms with Crippen LogP contribution in [-0.2, 0) is 11.2 Å². The predicted octanol–water partition coefficient (Wildman–Crippen LogP) is 4.18. The number of hydrogen-bond donors (Lipinski definition) is 0. The van der Waals surface area contributed by atoms with Gasteiger partial charge in [-0.25, -0.2) is 19.6 Å². The van der Waals surface area contributed by atoms with Crippen LogP contribution in [0.4, 0.5) is 0 Å². The van der Waals surface area contributed by atoms with Gasteiger partial charge in [-0.3, -0.25) is 0 Å². The number of carbonyl (C=O) groups excluding carboxylic acids is 1. The van der Waals surface area contributed by atoms with Crippen LogP contribution in [0.5, 0.6) is 0 Å². The summed E-state index contributed by atoms with van der Waals surface area (Å²) in [5.41, 5.74) is 4.03. The fourth-order valence-corrected chi connectivity index (χ4v) is 4.41. The Bertz CT molecular complexity index is 1260. The summed E-state index contributed by atoms with van der Waals surface area (Å²) in [6, 6.07) is 10.1. The normalized spacial score (nSPS) is 11.2. The van der Waals surface area contributed by atoms with Gasteiger partial charge in [0.05, 0.1) is 6.61 Å². The van der Waals surface area contributed by atoms with Gasteiger partial charge >= 0.3 is 17.5 Å². The molecule has 0 aliphatic carbocycles. The molecule has 0 spiro atoms. The maximum atomic E-state index is 12.4. The van der Waals surface area contributed by atoms with Crippen LogP contribution >= 0.6 is 11.3 Å². The monoisotopic (exact) mass is 394 g/mol. The molecule has 4 aromatic rings. The molecule has 0 amide bonds. The number of carbonyl (C=O) groups is 1. The average molecular weight is 394 g/mol. The molecular weight excluding hydrogens is 376 g/mol. The molecule has 0 radical (unpaired) electrons. The first-order valence-electron chi connectivity index (χ1n) is 8.94. The van der Waals surface area contributed by atoms with Crippen molar-refractivity contribution in [1.82, 2.24) is 9.97 Å². The molecule has 0 aliphatic heterocycles. The first-order valence-corrected chi connectivity index (χ1v) is 9.75. The second kappa shape index (κ2) is 7.16. The van der Waals surface area contributed by atoms with Crippen molar-refractivity contribution >= 4 is 37.7 Å². The molecule has 0 saturated heterocycles. The second-order valence-electron chi connectivity index (χ2n) is 6.45. The predicted molar refractivity (Wildman–Crippen MR) is 108 cm³/mol. The molecule has 142 valence electrons. The van der Waals surface area contributed by atoms with Gasteiger partial charge in [0.2, 0.25) is 0 Å². The highest BCUT2D eigenvalue weighted by Crippen LogP contribution is 2.35. The smallest absolute Gasteiger partial charge is 0.394 e. The van der Waals surface area contributed by atoms with Crippen molar-refractivity contribution in [3.05, 3.63) is 69.0 Å². The SMILES string of the molecule is CCOC(=O)c1nc2c(sc3nc(C)c(Cc4ccccc4)c(C)c32)c(=O)o1. The van der Waals surface area contributed by atoms with Crippen LogP contribution in [0.15, 0.2) is 39.5 Å². The van der Waals surface area contributed by atoms with E-state index in [1.165, 1.54) is 16.9 Å². The summed E-state index contributed by atoms with van der Waals surface area (Å²) in [7, 11) is 0. The fraction of sp³-hybridized carbons (Fsp3) is 0.238. The van der Waals surface area contributed by atoms with Crippen LogP contribution in [0.2, 0.25) is 0 Å². The zero-order valence-electron chi connectivity index (χ0n) is 15.7. The van der Waals surface area contributed by atoms with E-state index in [2.05, 4.69) is 17.1 Å². The summed E-state index contributed by atoms with van der Waals surface area (Å²) in [6.45, 7) is 5.83. The van der Waals surface area contributed by atoms with Crippen molar-refractivity contribution in [3.63, 3.8) is 0 Å². The highest BCUT2D eigenvalue weighted by molar-refractivity contribution is 7.25. The van der Waals surface area contributed by atoms with Crippen LogP contribution in [0.1, 0.15) is 40.0 Å². The minimum absolute atomic E-state index is 0.174. The summed E-state index contributed by atoms with van der Waals surface area (Å²) >= 11 is 1.23. The zero-order valence-corrected chi connectivity index (χ0v) is 16.6. The maximum absolute atomic E-state index is 12.4. The molecule has 0 bridgehead atoms. The maximum Gasteiger partial charge on any atom is 0.394 e. The number of ether oxygens (including phenoxy) is 1. The van der Waals surface area contributed by atoms with Gasteiger partial charge in [0.15, 0.2) is 0 Å². The number of aromatic nitrogens is 2. The van der Waals surface area contributed by atoms with E-state index in [-0.39, 0.29) is 12.5 Å². The van der Waals surface area contributed by atoms with Crippen molar-refractivity contribution in [2.45, 2.75) is 27.2 Å². The highest BCUT2D eigenvalue weighted by Gasteiger charge is 2.22. The summed E-state index contributed by atoms with van der Waals surface area (Å²) in [6.07, 6.45) is 0.727. The highest BCUT2D eigenvalue weighted by atomic mass is 32.1. The van der Waals surface area contributed by atoms with E-state index in [4.69, 9.17) is 14.1 Å². The quantitative estimate of drug-likeness (QED) is 0.483. The van der Waals surface area contributed by atoms with E-state index in [9.17, 15) is 9.59 Å². The number of esters is 1. The van der Waals surface area contributed by atoms with Gasteiger partial charge < -0.3 is 9.15 Å². The molecule has 0 aliphatic rings. The lowest BCUT2D eigenvalue weighted by atomic mass is 9.97. The Morgan fingerprint density at radius 1 is 1.18 bits per heavy atom. The fourth-order valence-electron chi connectivity index (χ4n) is 3.31. The van der Waals surface area contributed by atoms with E-state index >= 15 is 0 Å². The van der Waals surface area contributed by atoms with Crippen molar-refractivity contribution in [1.29, 1.82) is 0 Å². The summed E-state index contributed by atoms with van der Waals surface area (Å²) in [5, 5.41) is 0.787. The number of thiophene rings is 1. The van der Waals surface area contributed by atoms with Gasteiger partial charge in [0, 0.05) is 11.1 Å². The van der Waals surface area contributed by atoms with E-state index < -0.39 is 11.6 Å². The van der Waals surface area contributed by atoms with Crippen molar-refractivity contribution in [2.75, 3.05) is 6.61 Å². The lowest BCUT2D eigenvalue weighted by Gasteiger charge is -2.11. The summed E-state index contributed by atoms with van der Waals surface area (Å²) in [4.78, 5) is 34.2. The number of hydrogen-bond acceptors (Lipinski definition) is 7. The Balaban J connectivity index is 1.96. The van der Waals surface area contributed by atoms with E-state index in [0.29, 0.717) is 15.0 Å². The van der Waals surface area contributed by atoms with Gasteiger partial charge in [-0.1, -0.05) is 30.3 Å². The lowest BCUT2D eigenvalue weighted by molar-refractivity contribution is 0.0474. The van der Waals surface area contributed by atoms with Gasteiger partial charge in [-0.2, -0.15) is 0 Å². The van der Waals surface area contributed by atoms with Crippen LogP contribution < -0.4 is 5.63 Å². The molecule has 4 rings (SSSR count). The van der Waals surface area contributed by atoms with Crippen molar-refractivity contribution in [2.24, 2.45) is 0 Å². The number of pyridine rings is 1. The molecule has 0 saturated carbocycles. The Morgan fingerprint density at radius 2 is 1.93 bits per heavy atom. The Kier molecular flexibility index (Phi) is 4.68. The molecule has 3 heterocycles. The van der Waals surface area contributed by atoms with Crippen LogP contribution in [0, 0.1) is 13.8 Å². The molecule has 7 heteroatoms. The molecule has 0 atom stereocenters. The largest absolute Gasteiger partial charge is 0.459 e. The first kappa shape index (κ1) is 18.3. The summed E-state index contributed by atoms with van der Waals surface area (Å²) < 4.78 is 10.4. The number of benzene rings is 1. The molecular formula is C21H18N2O4S. The standard InChI is InChI=1S/C21H18N2O4S/c1-4-26-21(25)18-23-16-15-11(2)14(10-13-8-6-5-7-9-13)12(3)22-19(15)28-17(16)20(24)27-18/h5-9H,4,10H2,1-3H3. The van der Waals surface area contributed by atoms with Crippen LogP contribution in [0.25, 0.3) is 20.4 Å². The van der Waals surface area contributed by atoms with Crippen LogP contribution in [-0.4, -0.2) is 22.5 Å². The van der Waals surface area contributed by atoms with Crippen molar-refractivity contribution < 1.29 is 13.9 Å². The first-order chi connectivity index (χ1) is 13.5. The molecule has 0 unspecified atom stereocenters. The van der Waals surface area contributed by atoms with Gasteiger partial charge in [0.1, 0.15) is 15.0 Å². The molecule has 3 aromatic heterocycles. The minimum atomic E-state index is -0.747. The van der Waals surface area contributed by atoms with Gasteiger partial charge in [0.25, 0.3) is 0 Å². The van der Waals surface area contributed by atoms with Crippen molar-refractivity contribution in [3.8, 4) is 0 Å². The van der Waals surface area contributed by atoms with E-state index in [1.807, 2.05) is 32.0 Å². The second-order valence-corrected chi connectivity index (χ2v) is 7.45. The van der Waals surface area contributed by atoms with Gasteiger partial charge in [-0.15, -0.1) is 11.3 Å². The average Bonchev–Trinajstić information content (AvgIpc) is 3.05. The molecule has 0 fully saturated rings. The number of nitrogens with zero attached hydrogens (tertiary/aromatic N) is 2. The molecule has 0 N–H and O–H groups in total. The topological polar surface area (TPSA) is 82.3 Å². The number of aryl methyl sites for hydroxylation is 2. The lowest BCUT2D eigenvalue weighted by Crippen LogP contribution is -2.11. The number of fused-ring (bicyclic) bond motifs is 3. The molecule has 28 heavy (non-hydrogen) atoms. The Labute approximate surface area is 164 Å². The number of rotatable bonds is 4. The zero-order chi connectivity index (χ0) is 19.8. The van der Waals surface area contributed by atoms with E-state index in [0.717, 1.165) is 28.6 Å². The molecule has 1 aromatic carbocycles. The third kappa shape index (κ3) is 3.07. The summed E-state index contributed by atoms with van der Waals surface area (Å²) in [5.74, 6) is -1.08. The van der Waals surface area contributed by atoms with E-state index in [1.54, 1.807) is 6.92 Å². The Morgan fingerprint density at radius 3 is 2.64 bits per heavy atom. The third-order valence-electron chi connectivity index (χ3n) is 4.66. The third-order valence-corrected chi connectivity index (χ3v) is 5.71.